The van der Waals surface area contributed by atoms with E-state index in [9.17, 15) is 27.9 Å². The molecule has 2 unspecified atom stereocenters. The smallest absolute Gasteiger partial charge is 0.258 e. The highest BCUT2D eigenvalue weighted by atomic mass is 35.5. The van der Waals surface area contributed by atoms with Gasteiger partial charge in [-0.15, -0.1) is 0 Å². The number of nitrogens with one attached hydrogen (secondary N) is 3. The summed E-state index contributed by atoms with van der Waals surface area (Å²) in [5, 5.41) is 20.7. The Morgan fingerprint density at radius 2 is 1.63 bits per heavy atom. The molecule has 43 heavy (non-hydrogen) atoms. The second kappa shape index (κ2) is 13.5. The van der Waals surface area contributed by atoms with Gasteiger partial charge >= 0.3 is 0 Å². The van der Waals surface area contributed by atoms with Crippen molar-refractivity contribution in [3.8, 4) is 5.75 Å². The van der Waals surface area contributed by atoms with Gasteiger partial charge in [-0.1, -0.05) is 56.5 Å². The van der Waals surface area contributed by atoms with Gasteiger partial charge in [0.05, 0.1) is 22.7 Å². The van der Waals surface area contributed by atoms with Crippen LogP contribution in [0.4, 0.5) is 13.2 Å². The number of ether oxygens (including phenoxy) is 1. The van der Waals surface area contributed by atoms with Gasteiger partial charge in [0, 0.05) is 24.1 Å². The lowest BCUT2D eigenvalue weighted by atomic mass is 9.59. The van der Waals surface area contributed by atoms with E-state index in [1.807, 2.05) is 0 Å². The first-order valence-electron chi connectivity index (χ1n) is 16.0. The Hall–Kier alpha value is -2.04. The number of amides is 2. The van der Waals surface area contributed by atoms with E-state index >= 15 is 0 Å². The van der Waals surface area contributed by atoms with E-state index in [-0.39, 0.29) is 29.8 Å². The normalized spacial score (nSPS) is 32.7. The topological polar surface area (TPSA) is 99.7 Å². The molecule has 2 bridgehead atoms. The number of alkyl halides is 2. The molecule has 0 aromatic heterocycles. The Labute approximate surface area is 257 Å². The Kier molecular flexibility index (Phi) is 10.2. The van der Waals surface area contributed by atoms with Crippen molar-refractivity contribution in [3.63, 3.8) is 0 Å². The Morgan fingerprint density at radius 3 is 2.23 bits per heavy atom. The van der Waals surface area contributed by atoms with Gasteiger partial charge in [-0.05, 0) is 68.9 Å². The Bertz CT molecular complexity index is 1140. The van der Waals surface area contributed by atoms with E-state index in [2.05, 4.69) is 16.0 Å². The molecule has 4 saturated carbocycles. The molecule has 1 spiro atoms. The number of carbonyl (C=O) groups is 2. The first-order valence-corrected chi connectivity index (χ1v) is 16.3. The third-order valence-corrected chi connectivity index (χ3v) is 11.0. The monoisotopic (exact) mass is 627 g/mol. The molecule has 1 aromatic rings. The van der Waals surface area contributed by atoms with Crippen LogP contribution in [-0.2, 0) is 9.59 Å². The third kappa shape index (κ3) is 7.28. The summed E-state index contributed by atoms with van der Waals surface area (Å²) in [6, 6.07) is 3.39. The molecule has 2 amide bonds. The second-order valence-electron chi connectivity index (χ2n) is 13.5. The third-order valence-electron chi connectivity index (χ3n) is 10.7. The van der Waals surface area contributed by atoms with Crippen LogP contribution in [-0.4, -0.2) is 59.7 Å². The quantitative estimate of drug-likeness (QED) is 0.313. The first-order chi connectivity index (χ1) is 20.6. The minimum absolute atomic E-state index is 0.0406. The van der Waals surface area contributed by atoms with Crippen LogP contribution in [0.5, 0.6) is 5.75 Å². The maximum absolute atomic E-state index is 14.0. The van der Waals surface area contributed by atoms with Crippen molar-refractivity contribution in [2.75, 3.05) is 13.2 Å². The molecule has 1 aromatic carbocycles. The largest absolute Gasteiger partial charge is 0.484 e. The number of piperidine rings is 1. The predicted molar refractivity (Wildman–Crippen MR) is 158 cm³/mol. The van der Waals surface area contributed by atoms with E-state index in [0.717, 1.165) is 57.4 Å². The summed E-state index contributed by atoms with van der Waals surface area (Å²) in [6.45, 7) is -0.223. The molecule has 240 valence electrons. The molecular weight excluding hydrogens is 583 g/mol. The fourth-order valence-corrected chi connectivity index (χ4v) is 8.34. The van der Waals surface area contributed by atoms with Crippen molar-refractivity contribution in [3.05, 3.63) is 29.0 Å². The van der Waals surface area contributed by atoms with Crippen LogP contribution in [0.15, 0.2) is 18.2 Å². The molecule has 5 aliphatic rings. The second-order valence-corrected chi connectivity index (χ2v) is 13.9. The molecule has 4 N–H and O–H groups in total. The summed E-state index contributed by atoms with van der Waals surface area (Å²) in [4.78, 5) is 26.8. The number of rotatable bonds is 7. The average molecular weight is 628 g/mol. The maximum Gasteiger partial charge on any atom is 0.258 e. The van der Waals surface area contributed by atoms with Crippen molar-refractivity contribution < 1.29 is 32.6 Å². The predicted octanol–water partition coefficient (Wildman–Crippen LogP) is 5.66. The van der Waals surface area contributed by atoms with Crippen LogP contribution in [0.3, 0.4) is 0 Å². The fourth-order valence-electron chi connectivity index (χ4n) is 8.23. The zero-order valence-electron chi connectivity index (χ0n) is 24.7. The van der Waals surface area contributed by atoms with Crippen molar-refractivity contribution in [1.29, 1.82) is 0 Å². The van der Waals surface area contributed by atoms with Crippen molar-refractivity contribution in [1.82, 2.24) is 16.0 Å². The molecule has 1 heterocycles. The summed E-state index contributed by atoms with van der Waals surface area (Å²) >= 11 is 5.70. The van der Waals surface area contributed by atoms with Crippen molar-refractivity contribution in [2.24, 2.45) is 11.3 Å². The van der Waals surface area contributed by atoms with Crippen LogP contribution < -0.4 is 20.7 Å². The van der Waals surface area contributed by atoms with Crippen LogP contribution in [0.25, 0.3) is 0 Å². The van der Waals surface area contributed by atoms with Crippen molar-refractivity contribution in [2.45, 2.75) is 126 Å². The van der Waals surface area contributed by atoms with Crippen LogP contribution in [0, 0.1) is 17.2 Å². The van der Waals surface area contributed by atoms with Crippen LogP contribution in [0.2, 0.25) is 5.02 Å². The molecule has 0 radical (unpaired) electrons. The summed E-state index contributed by atoms with van der Waals surface area (Å²) in [5.74, 6) is -1.81. The summed E-state index contributed by atoms with van der Waals surface area (Å²) in [5.41, 5.74) is -1.95. The average Bonchev–Trinajstić information content (AvgIpc) is 2.98. The molecule has 6 rings (SSSR count). The summed E-state index contributed by atoms with van der Waals surface area (Å²) in [7, 11) is 0. The number of benzene rings is 1. The molecule has 5 fully saturated rings. The molecule has 7 nitrogen and oxygen atoms in total. The minimum atomic E-state index is -2.42. The summed E-state index contributed by atoms with van der Waals surface area (Å²) < 4.78 is 47.0. The standard InChI is InChI=1S/C32H45ClF3N3O4/c33-23-9-8-22(16-24(23)34)43-20-26(41)38-32-14-12-31(13-15-32,18-25(32)40)39-29(42)27-30(17-21(19-37-27)28(35)36)10-6-4-2-1-3-5-7-11-30/h8-9,16,21,25,27-28,37,40H,1-7,10-15,17-20H2,(H,38,41)(H,39,42)/t21?,25-,27?,31?,32?/m0/s1. The van der Waals surface area contributed by atoms with Gasteiger partial charge in [-0.25, -0.2) is 13.2 Å². The molecular formula is C32H45ClF3N3O4. The molecule has 1 saturated heterocycles. The van der Waals surface area contributed by atoms with Gasteiger partial charge in [0.25, 0.3) is 5.91 Å². The van der Waals surface area contributed by atoms with Gasteiger partial charge in [0.2, 0.25) is 12.3 Å². The lowest BCUT2D eigenvalue weighted by Crippen LogP contribution is -2.72. The van der Waals surface area contributed by atoms with Gasteiger partial charge < -0.3 is 25.8 Å². The highest BCUT2D eigenvalue weighted by Crippen LogP contribution is 2.49. The number of hydrogen-bond acceptors (Lipinski definition) is 5. The SMILES string of the molecule is O=C(COc1ccc(Cl)c(F)c1)NC12CCC(NC(=O)C3NCC(C(F)F)CC34CCCCCCCCC4)(CC1)C[C@@H]2O. The molecule has 3 atom stereocenters. The van der Waals surface area contributed by atoms with E-state index in [0.29, 0.717) is 38.5 Å². The van der Waals surface area contributed by atoms with Crippen LogP contribution in [0.1, 0.15) is 96.3 Å². The maximum atomic E-state index is 14.0. The van der Waals surface area contributed by atoms with E-state index < -0.39 is 52.7 Å². The highest BCUT2D eigenvalue weighted by Gasteiger charge is 2.57. The first kappa shape index (κ1) is 32.4. The zero-order chi connectivity index (χ0) is 30.7. The number of aliphatic hydroxyl groups excluding tert-OH is 1. The number of hydrogen-bond donors (Lipinski definition) is 4. The molecule has 4 aliphatic carbocycles. The minimum Gasteiger partial charge on any atom is -0.484 e. The molecule has 11 heteroatoms. The number of carbonyl (C=O) groups excluding carboxylic acids is 2. The zero-order valence-corrected chi connectivity index (χ0v) is 25.5. The summed E-state index contributed by atoms with van der Waals surface area (Å²) in [6.07, 6.45) is 8.46. The van der Waals surface area contributed by atoms with E-state index in [4.69, 9.17) is 16.3 Å². The highest BCUT2D eigenvalue weighted by molar-refractivity contribution is 6.30. The van der Waals surface area contributed by atoms with E-state index in [1.54, 1.807) is 0 Å². The van der Waals surface area contributed by atoms with Crippen LogP contribution >= 0.6 is 11.6 Å². The van der Waals surface area contributed by atoms with Crippen molar-refractivity contribution >= 4 is 23.4 Å². The lowest BCUT2D eigenvalue weighted by Gasteiger charge is -2.57. The van der Waals surface area contributed by atoms with Gasteiger partial charge in [0.15, 0.2) is 6.61 Å². The van der Waals surface area contributed by atoms with Gasteiger partial charge in [-0.2, -0.15) is 0 Å². The van der Waals surface area contributed by atoms with E-state index in [1.165, 1.54) is 18.6 Å². The Balaban J connectivity index is 1.22. The number of halogens is 4. The number of aliphatic hydroxyl groups is 1. The fraction of sp³-hybridized carbons (Fsp3) is 0.750. The Morgan fingerprint density at radius 1 is 0.977 bits per heavy atom. The lowest BCUT2D eigenvalue weighted by molar-refractivity contribution is -0.140. The van der Waals surface area contributed by atoms with Gasteiger partial charge in [0.1, 0.15) is 11.6 Å². The molecule has 1 aliphatic heterocycles. The number of fused-ring (bicyclic) bond motifs is 3. The van der Waals surface area contributed by atoms with Gasteiger partial charge in [-0.3, -0.25) is 9.59 Å².